The molecule has 1 aliphatic heterocycles. The summed E-state index contributed by atoms with van der Waals surface area (Å²) in [7, 11) is 0. The highest BCUT2D eigenvalue weighted by Crippen LogP contribution is 2.24. The van der Waals surface area contributed by atoms with E-state index >= 15 is 0 Å². The van der Waals surface area contributed by atoms with Crippen LogP contribution in [0.15, 0.2) is 59.5 Å². The van der Waals surface area contributed by atoms with Gasteiger partial charge in [-0.15, -0.1) is 5.10 Å². The molecule has 0 bridgehead atoms. The van der Waals surface area contributed by atoms with Crippen molar-refractivity contribution in [1.82, 2.24) is 19.9 Å². The normalized spacial score (nSPS) is 14.8. The predicted molar refractivity (Wildman–Crippen MR) is 79.1 cm³/mol. The van der Waals surface area contributed by atoms with E-state index in [0.717, 1.165) is 11.3 Å². The van der Waals surface area contributed by atoms with Crippen molar-refractivity contribution in [3.05, 3.63) is 60.7 Å². The lowest BCUT2D eigenvalue weighted by molar-refractivity contribution is 0.0498. The maximum Gasteiger partial charge on any atom is 0.257 e. The second-order valence-corrected chi connectivity index (χ2v) is 5.33. The Morgan fingerprint density at radius 3 is 2.73 bits per heavy atom. The van der Waals surface area contributed by atoms with Crippen molar-refractivity contribution in [3.63, 3.8) is 0 Å². The zero-order valence-corrected chi connectivity index (χ0v) is 11.8. The second-order valence-electron chi connectivity index (χ2n) is 5.33. The standard InChI is InChI=1S/C16H14N4O2/c21-16(13-6-7-22-11-13)19-8-14(9-19)20-10-15(17-18-20)12-4-2-1-3-5-12/h1-7,10-11,14H,8-9H2. The van der Waals surface area contributed by atoms with Crippen molar-refractivity contribution in [2.45, 2.75) is 6.04 Å². The molecule has 1 amide bonds. The number of benzene rings is 1. The van der Waals surface area contributed by atoms with E-state index in [-0.39, 0.29) is 11.9 Å². The van der Waals surface area contributed by atoms with Gasteiger partial charge in [0.25, 0.3) is 5.91 Å². The molecule has 6 heteroatoms. The first-order valence-electron chi connectivity index (χ1n) is 7.10. The third-order valence-electron chi connectivity index (χ3n) is 3.87. The molecule has 0 saturated carbocycles. The van der Waals surface area contributed by atoms with E-state index in [1.165, 1.54) is 12.5 Å². The lowest BCUT2D eigenvalue weighted by atomic mass is 10.1. The van der Waals surface area contributed by atoms with Gasteiger partial charge >= 0.3 is 0 Å². The fraction of sp³-hybridized carbons (Fsp3) is 0.188. The van der Waals surface area contributed by atoms with Crippen molar-refractivity contribution in [2.24, 2.45) is 0 Å². The van der Waals surface area contributed by atoms with Gasteiger partial charge in [0.15, 0.2) is 0 Å². The summed E-state index contributed by atoms with van der Waals surface area (Å²) in [6, 6.07) is 11.8. The molecule has 3 heterocycles. The van der Waals surface area contributed by atoms with Gasteiger partial charge in [0.2, 0.25) is 0 Å². The van der Waals surface area contributed by atoms with Crippen LogP contribution in [0.5, 0.6) is 0 Å². The molecule has 0 N–H and O–H groups in total. The molecule has 110 valence electrons. The van der Waals surface area contributed by atoms with Crippen LogP contribution in [0.3, 0.4) is 0 Å². The Labute approximate surface area is 127 Å². The van der Waals surface area contributed by atoms with Crippen LogP contribution in [-0.4, -0.2) is 38.9 Å². The van der Waals surface area contributed by atoms with E-state index in [4.69, 9.17) is 4.42 Å². The predicted octanol–water partition coefficient (Wildman–Crippen LogP) is 2.24. The van der Waals surface area contributed by atoms with Crippen LogP contribution in [-0.2, 0) is 0 Å². The highest BCUT2D eigenvalue weighted by atomic mass is 16.3. The average Bonchev–Trinajstić information content (AvgIpc) is 3.18. The molecule has 1 aromatic carbocycles. The first-order chi connectivity index (χ1) is 10.8. The van der Waals surface area contributed by atoms with E-state index in [1.54, 1.807) is 11.0 Å². The molecule has 0 atom stereocenters. The summed E-state index contributed by atoms with van der Waals surface area (Å²) < 4.78 is 6.78. The van der Waals surface area contributed by atoms with E-state index in [1.807, 2.05) is 41.2 Å². The van der Waals surface area contributed by atoms with Crippen LogP contribution in [0.25, 0.3) is 11.3 Å². The Kier molecular flexibility index (Phi) is 3.00. The number of hydrogen-bond acceptors (Lipinski definition) is 4. The molecule has 0 unspecified atom stereocenters. The summed E-state index contributed by atoms with van der Waals surface area (Å²) >= 11 is 0. The molecule has 1 aliphatic rings. The number of carbonyl (C=O) groups excluding carboxylic acids is 1. The molecule has 22 heavy (non-hydrogen) atoms. The van der Waals surface area contributed by atoms with Crippen LogP contribution in [0.4, 0.5) is 0 Å². The molecule has 1 fully saturated rings. The highest BCUT2D eigenvalue weighted by Gasteiger charge is 2.33. The van der Waals surface area contributed by atoms with E-state index < -0.39 is 0 Å². The van der Waals surface area contributed by atoms with E-state index in [0.29, 0.717) is 18.7 Å². The van der Waals surface area contributed by atoms with E-state index in [9.17, 15) is 4.79 Å². The summed E-state index contributed by atoms with van der Waals surface area (Å²) in [5.41, 5.74) is 2.47. The SMILES string of the molecule is O=C(c1ccoc1)N1CC(n2cc(-c3ccccc3)nn2)C1. The molecule has 2 aromatic heterocycles. The van der Waals surface area contributed by atoms with E-state index in [2.05, 4.69) is 10.3 Å². The summed E-state index contributed by atoms with van der Waals surface area (Å²) in [5.74, 6) is -0.00611. The number of carbonyl (C=O) groups is 1. The van der Waals surface area contributed by atoms with Crippen LogP contribution >= 0.6 is 0 Å². The fourth-order valence-electron chi connectivity index (χ4n) is 2.55. The number of aromatic nitrogens is 3. The van der Waals surface area contributed by atoms with Gasteiger partial charge in [-0.3, -0.25) is 4.79 Å². The van der Waals surface area contributed by atoms with Crippen LogP contribution in [0.2, 0.25) is 0 Å². The Balaban J connectivity index is 1.43. The third-order valence-corrected chi connectivity index (χ3v) is 3.87. The average molecular weight is 294 g/mol. The van der Waals surface area contributed by atoms with Crippen molar-refractivity contribution in [3.8, 4) is 11.3 Å². The monoisotopic (exact) mass is 294 g/mol. The molecule has 4 rings (SSSR count). The minimum atomic E-state index is -0.00611. The Morgan fingerprint density at radius 2 is 2.00 bits per heavy atom. The minimum absolute atomic E-state index is 0.00611. The summed E-state index contributed by atoms with van der Waals surface area (Å²) in [6.07, 6.45) is 4.91. The maximum atomic E-state index is 12.1. The second kappa shape index (κ2) is 5.14. The largest absolute Gasteiger partial charge is 0.472 e. The van der Waals surface area contributed by atoms with Gasteiger partial charge in [-0.05, 0) is 6.07 Å². The quantitative estimate of drug-likeness (QED) is 0.743. The molecular formula is C16H14N4O2. The fourth-order valence-corrected chi connectivity index (χ4v) is 2.55. The van der Waals surface area contributed by atoms with Crippen molar-refractivity contribution < 1.29 is 9.21 Å². The minimum Gasteiger partial charge on any atom is -0.472 e. The van der Waals surface area contributed by atoms with Gasteiger partial charge in [-0.1, -0.05) is 35.5 Å². The number of nitrogens with zero attached hydrogens (tertiary/aromatic N) is 4. The van der Waals surface area contributed by atoms with Gasteiger partial charge in [0, 0.05) is 18.7 Å². The number of hydrogen-bond donors (Lipinski definition) is 0. The van der Waals surface area contributed by atoms with Gasteiger partial charge in [0.05, 0.1) is 24.1 Å². The Morgan fingerprint density at radius 1 is 1.18 bits per heavy atom. The van der Waals surface area contributed by atoms with Gasteiger partial charge in [-0.25, -0.2) is 4.68 Å². The zero-order chi connectivity index (χ0) is 14.9. The molecule has 3 aromatic rings. The molecule has 0 radical (unpaired) electrons. The molecule has 6 nitrogen and oxygen atoms in total. The molecule has 1 saturated heterocycles. The van der Waals surface area contributed by atoms with Crippen molar-refractivity contribution in [2.75, 3.05) is 13.1 Å². The first kappa shape index (κ1) is 12.8. The molecular weight excluding hydrogens is 280 g/mol. The number of likely N-dealkylation sites (tertiary alicyclic amines) is 1. The zero-order valence-electron chi connectivity index (χ0n) is 11.8. The van der Waals surface area contributed by atoms with Gasteiger partial charge in [-0.2, -0.15) is 0 Å². The van der Waals surface area contributed by atoms with Crippen molar-refractivity contribution in [1.29, 1.82) is 0 Å². The van der Waals surface area contributed by atoms with Crippen molar-refractivity contribution >= 4 is 5.91 Å². The number of rotatable bonds is 3. The smallest absolute Gasteiger partial charge is 0.257 e. The van der Waals surface area contributed by atoms with Gasteiger partial charge < -0.3 is 9.32 Å². The maximum absolute atomic E-state index is 12.1. The third kappa shape index (κ3) is 2.18. The summed E-state index contributed by atoms with van der Waals surface area (Å²) in [4.78, 5) is 13.9. The topological polar surface area (TPSA) is 64.2 Å². The first-order valence-corrected chi connectivity index (χ1v) is 7.10. The van der Waals surface area contributed by atoms with Crippen LogP contribution < -0.4 is 0 Å². The van der Waals surface area contributed by atoms with Crippen LogP contribution in [0, 0.1) is 0 Å². The Hall–Kier alpha value is -2.89. The summed E-state index contributed by atoms with van der Waals surface area (Å²) in [6.45, 7) is 1.28. The number of amides is 1. The molecule has 0 aliphatic carbocycles. The number of furan rings is 1. The Bertz CT molecular complexity index is 774. The summed E-state index contributed by atoms with van der Waals surface area (Å²) in [5, 5.41) is 8.38. The van der Waals surface area contributed by atoms with Gasteiger partial charge in [0.1, 0.15) is 12.0 Å². The highest BCUT2D eigenvalue weighted by molar-refractivity contribution is 5.94. The molecule has 0 spiro atoms. The van der Waals surface area contributed by atoms with Crippen LogP contribution in [0.1, 0.15) is 16.4 Å². The lowest BCUT2D eigenvalue weighted by Crippen LogP contribution is -2.50. The lowest BCUT2D eigenvalue weighted by Gasteiger charge is -2.38.